The van der Waals surface area contributed by atoms with Gasteiger partial charge in [0.25, 0.3) is 0 Å². The Hall–Kier alpha value is -1.55. The summed E-state index contributed by atoms with van der Waals surface area (Å²) in [6.07, 6.45) is 36.5. The zero-order valence-electron chi connectivity index (χ0n) is 31.7. The second-order valence-electron chi connectivity index (χ2n) is 13.4. The first-order valence-electron chi connectivity index (χ1n) is 19.9. The van der Waals surface area contributed by atoms with E-state index in [0.29, 0.717) is 13.0 Å². The lowest BCUT2D eigenvalue weighted by molar-refractivity contribution is -0.154. The average Bonchev–Trinajstić information content (AvgIpc) is 3.09. The second-order valence-corrected chi connectivity index (χ2v) is 14.9. The third-order valence-electron chi connectivity index (χ3n) is 8.48. The number of carbonyl (C=O) groups is 2. The number of phosphoric ester groups is 1. The molecule has 0 aromatic carbocycles. The number of carboxylic acids is 1. The van der Waals surface area contributed by atoms with E-state index in [-0.39, 0.29) is 13.0 Å². The highest BCUT2D eigenvalue weighted by atomic mass is 31.2. The minimum Gasteiger partial charge on any atom is -0.480 e. The van der Waals surface area contributed by atoms with Crippen molar-refractivity contribution in [3.63, 3.8) is 0 Å². The Labute approximate surface area is 304 Å². The van der Waals surface area contributed by atoms with Crippen LogP contribution in [0.15, 0.2) is 24.3 Å². The number of aliphatic carboxylic acids is 1. The SMILES string of the molecule is CCCCCC/C=C\C/C=C\CCCCCCCCCC(=O)OC(COCCCCCCCCCCCC)COP(=O)(O)OCC(N)C(=O)O. The van der Waals surface area contributed by atoms with Crippen LogP contribution in [0, 0.1) is 0 Å². The molecular weight excluding hydrogens is 657 g/mol. The van der Waals surface area contributed by atoms with Crippen LogP contribution in [0.2, 0.25) is 0 Å². The molecule has 4 N–H and O–H groups in total. The Morgan fingerprint density at radius 2 is 1.10 bits per heavy atom. The predicted molar refractivity (Wildman–Crippen MR) is 203 cm³/mol. The maximum atomic E-state index is 12.6. The van der Waals surface area contributed by atoms with Crippen LogP contribution in [0.5, 0.6) is 0 Å². The fraction of sp³-hybridized carbons (Fsp3) is 0.846. The van der Waals surface area contributed by atoms with Gasteiger partial charge >= 0.3 is 19.8 Å². The van der Waals surface area contributed by atoms with Gasteiger partial charge in [0, 0.05) is 13.0 Å². The minimum absolute atomic E-state index is 0.0167. The monoisotopic (exact) mass is 732 g/mol. The molecule has 0 saturated heterocycles. The Morgan fingerprint density at radius 1 is 0.640 bits per heavy atom. The smallest absolute Gasteiger partial charge is 0.472 e. The van der Waals surface area contributed by atoms with Gasteiger partial charge < -0.3 is 25.2 Å². The van der Waals surface area contributed by atoms with Crippen molar-refractivity contribution in [2.75, 3.05) is 26.4 Å². The molecule has 11 heteroatoms. The van der Waals surface area contributed by atoms with Crippen LogP contribution in [0.3, 0.4) is 0 Å². The van der Waals surface area contributed by atoms with Crippen molar-refractivity contribution in [1.29, 1.82) is 0 Å². The summed E-state index contributed by atoms with van der Waals surface area (Å²) in [5, 5.41) is 8.86. The van der Waals surface area contributed by atoms with Crippen molar-refractivity contribution in [2.24, 2.45) is 5.73 Å². The molecule has 0 aromatic heterocycles. The molecule has 0 heterocycles. The second kappa shape index (κ2) is 35.8. The molecular formula is C39H74NO9P. The highest BCUT2D eigenvalue weighted by Crippen LogP contribution is 2.43. The number of unbranched alkanes of at least 4 members (excludes halogenated alkanes) is 20. The average molecular weight is 732 g/mol. The van der Waals surface area contributed by atoms with Crippen molar-refractivity contribution in [3.8, 4) is 0 Å². The van der Waals surface area contributed by atoms with Gasteiger partial charge in [-0.15, -0.1) is 0 Å². The maximum absolute atomic E-state index is 12.6. The van der Waals surface area contributed by atoms with Crippen LogP contribution < -0.4 is 5.73 Å². The molecule has 0 radical (unpaired) electrons. The Bertz CT molecular complexity index is 899. The van der Waals surface area contributed by atoms with Gasteiger partial charge in [0.15, 0.2) is 0 Å². The molecule has 3 atom stereocenters. The topological polar surface area (TPSA) is 155 Å². The van der Waals surface area contributed by atoms with E-state index in [1.54, 1.807) is 0 Å². The fourth-order valence-corrected chi connectivity index (χ4v) is 6.12. The summed E-state index contributed by atoms with van der Waals surface area (Å²) >= 11 is 0. The maximum Gasteiger partial charge on any atom is 0.472 e. The zero-order valence-corrected chi connectivity index (χ0v) is 32.6. The molecule has 0 aliphatic rings. The van der Waals surface area contributed by atoms with Gasteiger partial charge in [-0.2, -0.15) is 0 Å². The summed E-state index contributed by atoms with van der Waals surface area (Å²) in [7, 11) is -4.61. The summed E-state index contributed by atoms with van der Waals surface area (Å²) < 4.78 is 33.2. The number of allylic oxidation sites excluding steroid dienone is 4. The third kappa shape index (κ3) is 34.9. The Morgan fingerprint density at radius 3 is 1.64 bits per heavy atom. The van der Waals surface area contributed by atoms with E-state index in [9.17, 15) is 19.0 Å². The van der Waals surface area contributed by atoms with E-state index in [1.165, 1.54) is 96.3 Å². The summed E-state index contributed by atoms with van der Waals surface area (Å²) in [5.74, 6) is -1.78. The molecule has 0 amide bonds. The molecule has 50 heavy (non-hydrogen) atoms. The number of esters is 1. The van der Waals surface area contributed by atoms with E-state index < -0.39 is 45.1 Å². The number of nitrogens with two attached hydrogens (primary N) is 1. The van der Waals surface area contributed by atoms with Gasteiger partial charge in [0.2, 0.25) is 0 Å². The summed E-state index contributed by atoms with van der Waals surface area (Å²) in [6, 6.07) is -1.47. The molecule has 0 aliphatic heterocycles. The van der Waals surface area contributed by atoms with Gasteiger partial charge in [-0.3, -0.25) is 18.6 Å². The van der Waals surface area contributed by atoms with Gasteiger partial charge in [-0.25, -0.2) is 4.57 Å². The van der Waals surface area contributed by atoms with Crippen molar-refractivity contribution in [2.45, 2.75) is 187 Å². The molecule has 0 bridgehead atoms. The van der Waals surface area contributed by atoms with E-state index in [1.807, 2.05) is 0 Å². The molecule has 3 unspecified atom stereocenters. The quantitative estimate of drug-likeness (QED) is 0.0242. The fourth-order valence-electron chi connectivity index (χ4n) is 5.34. The van der Waals surface area contributed by atoms with Crippen molar-refractivity contribution < 1.29 is 42.7 Å². The van der Waals surface area contributed by atoms with Gasteiger partial charge in [-0.1, -0.05) is 147 Å². The Kier molecular flexibility index (Phi) is 34.7. The third-order valence-corrected chi connectivity index (χ3v) is 9.43. The first-order chi connectivity index (χ1) is 24.2. The lowest BCUT2D eigenvalue weighted by Gasteiger charge is -2.20. The molecule has 0 aliphatic carbocycles. The van der Waals surface area contributed by atoms with Crippen LogP contribution in [-0.2, 0) is 32.7 Å². The molecule has 0 spiro atoms. The largest absolute Gasteiger partial charge is 0.480 e. The summed E-state index contributed by atoms with van der Waals surface area (Å²) in [6.45, 7) is 3.84. The first kappa shape index (κ1) is 48.5. The van der Waals surface area contributed by atoms with Crippen LogP contribution in [0.25, 0.3) is 0 Å². The van der Waals surface area contributed by atoms with Crippen molar-refractivity contribution in [1.82, 2.24) is 0 Å². The van der Waals surface area contributed by atoms with E-state index in [0.717, 1.165) is 51.4 Å². The van der Waals surface area contributed by atoms with Gasteiger partial charge in [0.1, 0.15) is 12.1 Å². The lowest BCUT2D eigenvalue weighted by atomic mass is 10.1. The predicted octanol–water partition coefficient (Wildman–Crippen LogP) is 10.4. The van der Waals surface area contributed by atoms with Crippen LogP contribution in [-0.4, -0.2) is 60.5 Å². The Balaban J connectivity index is 4.25. The molecule has 10 nitrogen and oxygen atoms in total. The number of phosphoric acid groups is 1. The lowest BCUT2D eigenvalue weighted by Crippen LogP contribution is -2.34. The van der Waals surface area contributed by atoms with E-state index >= 15 is 0 Å². The number of hydrogen-bond acceptors (Lipinski definition) is 8. The zero-order chi connectivity index (χ0) is 37.0. The van der Waals surface area contributed by atoms with Crippen LogP contribution in [0.1, 0.15) is 174 Å². The van der Waals surface area contributed by atoms with Crippen molar-refractivity contribution >= 4 is 19.8 Å². The highest BCUT2D eigenvalue weighted by molar-refractivity contribution is 7.47. The normalized spacial score (nSPS) is 14.3. The number of carboxylic acid groups (broad SMARTS) is 1. The minimum atomic E-state index is -4.61. The summed E-state index contributed by atoms with van der Waals surface area (Å²) in [5.41, 5.74) is 5.34. The van der Waals surface area contributed by atoms with Crippen LogP contribution >= 0.6 is 7.82 Å². The highest BCUT2D eigenvalue weighted by Gasteiger charge is 2.27. The van der Waals surface area contributed by atoms with E-state index in [4.69, 9.17) is 29.4 Å². The number of carbonyl (C=O) groups excluding carboxylic acids is 1. The summed E-state index contributed by atoms with van der Waals surface area (Å²) in [4.78, 5) is 33.4. The molecule has 0 fully saturated rings. The van der Waals surface area contributed by atoms with Crippen molar-refractivity contribution in [3.05, 3.63) is 24.3 Å². The molecule has 0 saturated carbocycles. The van der Waals surface area contributed by atoms with Gasteiger partial charge in [0.05, 0.1) is 19.8 Å². The standard InChI is InChI=1S/C39H74NO9P/c1-3-5-7-9-11-13-15-16-17-18-19-20-21-22-23-25-27-29-31-38(41)49-36(34-47-50(44,45)48-35-37(40)39(42)43)33-46-32-30-28-26-24-14-12-10-8-6-4-2/h13,15,17-18,36-37H,3-12,14,16,19-35,40H2,1-2H3,(H,42,43)(H,44,45)/b15-13-,18-17-. The molecule has 0 aromatic rings. The first-order valence-corrected chi connectivity index (χ1v) is 21.4. The molecule has 0 rings (SSSR count). The van der Waals surface area contributed by atoms with E-state index in [2.05, 4.69) is 38.2 Å². The number of hydrogen-bond donors (Lipinski definition) is 3. The number of rotatable bonds is 38. The number of ether oxygens (including phenoxy) is 2. The molecule has 294 valence electrons. The van der Waals surface area contributed by atoms with Crippen LogP contribution in [0.4, 0.5) is 0 Å². The van der Waals surface area contributed by atoms with Gasteiger partial charge in [-0.05, 0) is 44.9 Å².